The summed E-state index contributed by atoms with van der Waals surface area (Å²) in [5.41, 5.74) is 1.98. The summed E-state index contributed by atoms with van der Waals surface area (Å²) in [6.45, 7) is 2.14. The van der Waals surface area contributed by atoms with E-state index in [2.05, 4.69) is 22.9 Å². The second-order valence-corrected chi connectivity index (χ2v) is 5.39. The largest absolute Gasteiger partial charge is 0.339 e. The van der Waals surface area contributed by atoms with Crippen molar-refractivity contribution >= 4 is 21.8 Å². The van der Waals surface area contributed by atoms with Crippen LogP contribution in [0.3, 0.4) is 0 Å². The van der Waals surface area contributed by atoms with E-state index in [0.29, 0.717) is 12.0 Å². The Morgan fingerprint density at radius 1 is 1.41 bits per heavy atom. The molecule has 0 spiro atoms. The lowest BCUT2D eigenvalue weighted by atomic mass is 10.1. The average Bonchev–Trinajstić information content (AvgIpc) is 3.20. The van der Waals surface area contributed by atoms with Crippen molar-refractivity contribution in [3.8, 4) is 0 Å². The first-order valence-corrected chi connectivity index (χ1v) is 7.17. The van der Waals surface area contributed by atoms with Crippen molar-refractivity contribution in [2.75, 3.05) is 7.05 Å². The van der Waals surface area contributed by atoms with E-state index < -0.39 is 0 Å². The molecule has 1 atom stereocenters. The first-order valence-electron chi connectivity index (χ1n) is 6.05. The van der Waals surface area contributed by atoms with Crippen LogP contribution in [0.15, 0.2) is 24.3 Å². The third-order valence-electron chi connectivity index (χ3n) is 3.59. The van der Waals surface area contributed by atoms with Gasteiger partial charge in [0, 0.05) is 24.0 Å². The second-order valence-electron chi connectivity index (χ2n) is 4.82. The van der Waals surface area contributed by atoms with Gasteiger partial charge in [-0.3, -0.25) is 4.79 Å². The summed E-state index contributed by atoms with van der Waals surface area (Å²) in [4.78, 5) is 14.1. The normalized spacial score (nSPS) is 16.6. The maximum Gasteiger partial charge on any atom is 0.253 e. The Labute approximate surface area is 111 Å². The number of carbonyl (C=O) groups is 1. The van der Waals surface area contributed by atoms with Gasteiger partial charge in [-0.25, -0.2) is 0 Å². The van der Waals surface area contributed by atoms with Crippen molar-refractivity contribution in [3.05, 3.63) is 35.4 Å². The summed E-state index contributed by atoms with van der Waals surface area (Å²) in [6, 6.07) is 8.18. The molecule has 0 heterocycles. The summed E-state index contributed by atoms with van der Waals surface area (Å²) in [6.07, 6.45) is 2.53. The zero-order chi connectivity index (χ0) is 12.4. The third-order valence-corrected chi connectivity index (χ3v) is 4.24. The molecule has 2 rings (SSSR count). The predicted octanol–water partition coefficient (Wildman–Crippen LogP) is 3.45. The van der Waals surface area contributed by atoms with Gasteiger partial charge in [-0.1, -0.05) is 28.1 Å². The number of alkyl halides is 1. The third kappa shape index (κ3) is 2.89. The number of halogens is 1. The van der Waals surface area contributed by atoms with Gasteiger partial charge >= 0.3 is 0 Å². The SMILES string of the molecule is CC(C1CC1)N(C)C(=O)c1ccc(CBr)cc1. The van der Waals surface area contributed by atoms with Crippen LogP contribution < -0.4 is 0 Å². The van der Waals surface area contributed by atoms with Crippen molar-refractivity contribution < 1.29 is 4.79 Å². The lowest BCUT2D eigenvalue weighted by molar-refractivity contribution is 0.0727. The molecule has 0 saturated heterocycles. The molecular formula is C14H18BrNO. The molecule has 1 unspecified atom stereocenters. The van der Waals surface area contributed by atoms with Gasteiger partial charge in [0.05, 0.1) is 0 Å². The van der Waals surface area contributed by atoms with Gasteiger partial charge < -0.3 is 4.90 Å². The van der Waals surface area contributed by atoms with Crippen LogP contribution >= 0.6 is 15.9 Å². The maximum atomic E-state index is 12.2. The molecule has 0 radical (unpaired) electrons. The molecule has 1 aliphatic carbocycles. The molecule has 0 aliphatic heterocycles. The van der Waals surface area contributed by atoms with Crippen molar-refractivity contribution in [3.63, 3.8) is 0 Å². The van der Waals surface area contributed by atoms with E-state index >= 15 is 0 Å². The monoisotopic (exact) mass is 295 g/mol. The minimum absolute atomic E-state index is 0.130. The summed E-state index contributed by atoms with van der Waals surface area (Å²) in [7, 11) is 1.91. The van der Waals surface area contributed by atoms with Crippen LogP contribution in [0, 0.1) is 5.92 Å². The van der Waals surface area contributed by atoms with Gasteiger partial charge in [-0.15, -0.1) is 0 Å². The van der Waals surface area contributed by atoms with Gasteiger partial charge in [0.2, 0.25) is 0 Å². The van der Waals surface area contributed by atoms with Crippen LogP contribution in [-0.4, -0.2) is 23.9 Å². The Morgan fingerprint density at radius 2 is 2.00 bits per heavy atom. The van der Waals surface area contributed by atoms with E-state index in [1.54, 1.807) is 0 Å². The Bertz CT molecular complexity index is 397. The molecule has 2 nitrogen and oxygen atoms in total. The van der Waals surface area contributed by atoms with E-state index in [1.165, 1.54) is 18.4 Å². The summed E-state index contributed by atoms with van der Waals surface area (Å²) in [5.74, 6) is 0.844. The summed E-state index contributed by atoms with van der Waals surface area (Å²) in [5, 5.41) is 0.829. The highest BCUT2D eigenvalue weighted by atomic mass is 79.9. The Morgan fingerprint density at radius 3 is 2.47 bits per heavy atom. The van der Waals surface area contributed by atoms with Crippen molar-refractivity contribution in [2.24, 2.45) is 5.92 Å². The van der Waals surface area contributed by atoms with Gasteiger partial charge in [-0.05, 0) is 43.4 Å². The fourth-order valence-corrected chi connectivity index (χ4v) is 2.39. The van der Waals surface area contributed by atoms with Crippen LogP contribution in [0.1, 0.15) is 35.7 Å². The highest BCUT2D eigenvalue weighted by Gasteiger charge is 2.32. The smallest absolute Gasteiger partial charge is 0.253 e. The predicted molar refractivity (Wildman–Crippen MR) is 73.4 cm³/mol. The number of benzene rings is 1. The number of nitrogens with zero attached hydrogens (tertiary/aromatic N) is 1. The van der Waals surface area contributed by atoms with Gasteiger partial charge in [0.25, 0.3) is 5.91 Å². The number of hydrogen-bond donors (Lipinski definition) is 0. The molecule has 1 aromatic rings. The number of rotatable bonds is 4. The quantitative estimate of drug-likeness (QED) is 0.779. The maximum absolute atomic E-state index is 12.2. The van der Waals surface area contributed by atoms with Gasteiger partial charge in [0.15, 0.2) is 0 Å². The summed E-state index contributed by atoms with van der Waals surface area (Å²) < 4.78 is 0. The molecule has 1 amide bonds. The van der Waals surface area contributed by atoms with Crippen LogP contribution in [0.2, 0.25) is 0 Å². The number of amides is 1. The number of carbonyl (C=O) groups excluding carboxylic acids is 1. The zero-order valence-electron chi connectivity index (χ0n) is 10.3. The molecule has 92 valence electrons. The molecule has 3 heteroatoms. The van der Waals surface area contributed by atoms with Crippen LogP contribution in [0.25, 0.3) is 0 Å². The molecule has 1 aromatic carbocycles. The lowest BCUT2D eigenvalue weighted by Gasteiger charge is -2.25. The highest BCUT2D eigenvalue weighted by Crippen LogP contribution is 2.35. The Balaban J connectivity index is 2.06. The van der Waals surface area contributed by atoms with E-state index in [1.807, 2.05) is 36.2 Å². The standard InChI is InChI=1S/C14H18BrNO/c1-10(12-7-8-12)16(2)14(17)13-5-3-11(9-15)4-6-13/h3-6,10,12H,7-9H2,1-2H3. The van der Waals surface area contributed by atoms with Crippen molar-refractivity contribution in [1.29, 1.82) is 0 Å². The average molecular weight is 296 g/mol. The van der Waals surface area contributed by atoms with Gasteiger partial charge in [0.1, 0.15) is 0 Å². The molecular weight excluding hydrogens is 278 g/mol. The minimum Gasteiger partial charge on any atom is -0.339 e. The zero-order valence-corrected chi connectivity index (χ0v) is 11.9. The van der Waals surface area contributed by atoms with Crippen LogP contribution in [0.4, 0.5) is 0 Å². The lowest BCUT2D eigenvalue weighted by Crippen LogP contribution is -2.36. The molecule has 0 N–H and O–H groups in total. The van der Waals surface area contributed by atoms with E-state index in [0.717, 1.165) is 10.9 Å². The van der Waals surface area contributed by atoms with Crippen molar-refractivity contribution in [1.82, 2.24) is 4.90 Å². The first-order chi connectivity index (χ1) is 8.13. The highest BCUT2D eigenvalue weighted by molar-refractivity contribution is 9.08. The van der Waals surface area contributed by atoms with Gasteiger partial charge in [-0.2, -0.15) is 0 Å². The molecule has 1 saturated carbocycles. The molecule has 0 bridgehead atoms. The number of hydrogen-bond acceptors (Lipinski definition) is 1. The Hall–Kier alpha value is -0.830. The molecule has 1 fully saturated rings. The van der Waals surface area contributed by atoms with E-state index in [9.17, 15) is 4.79 Å². The fraction of sp³-hybridized carbons (Fsp3) is 0.500. The second kappa shape index (κ2) is 5.21. The summed E-state index contributed by atoms with van der Waals surface area (Å²) >= 11 is 3.40. The van der Waals surface area contributed by atoms with Crippen LogP contribution in [0.5, 0.6) is 0 Å². The molecule has 1 aliphatic rings. The molecule has 17 heavy (non-hydrogen) atoms. The van der Waals surface area contributed by atoms with Crippen LogP contribution in [-0.2, 0) is 5.33 Å². The topological polar surface area (TPSA) is 20.3 Å². The minimum atomic E-state index is 0.130. The first kappa shape index (κ1) is 12.6. The Kier molecular flexibility index (Phi) is 3.87. The molecule has 0 aromatic heterocycles. The van der Waals surface area contributed by atoms with E-state index in [4.69, 9.17) is 0 Å². The fourth-order valence-electron chi connectivity index (χ4n) is 2.02. The van der Waals surface area contributed by atoms with Crippen molar-refractivity contribution in [2.45, 2.75) is 31.1 Å². The van der Waals surface area contributed by atoms with E-state index in [-0.39, 0.29) is 5.91 Å².